The van der Waals surface area contributed by atoms with E-state index in [0.717, 1.165) is 25.7 Å². The molecule has 1 aromatic heterocycles. The van der Waals surface area contributed by atoms with Crippen LogP contribution in [0.15, 0.2) is 17.1 Å². The lowest BCUT2D eigenvalue weighted by Gasteiger charge is -2.41. The van der Waals surface area contributed by atoms with E-state index in [4.69, 9.17) is 4.74 Å². The van der Waals surface area contributed by atoms with Crippen LogP contribution in [0.4, 0.5) is 0 Å². The van der Waals surface area contributed by atoms with Crippen molar-refractivity contribution in [2.45, 2.75) is 45.1 Å². The highest BCUT2D eigenvalue weighted by atomic mass is 16.5. The summed E-state index contributed by atoms with van der Waals surface area (Å²) < 4.78 is 5.68. The van der Waals surface area contributed by atoms with Crippen LogP contribution in [0.25, 0.3) is 0 Å². The van der Waals surface area contributed by atoms with E-state index in [-0.39, 0.29) is 5.56 Å². The summed E-state index contributed by atoms with van der Waals surface area (Å²) in [7, 11) is 1.70. The van der Waals surface area contributed by atoms with E-state index in [1.54, 1.807) is 13.3 Å². The van der Waals surface area contributed by atoms with Crippen LogP contribution >= 0.6 is 0 Å². The van der Waals surface area contributed by atoms with Crippen LogP contribution in [0.5, 0.6) is 0 Å². The Morgan fingerprint density at radius 2 is 1.94 bits per heavy atom. The standard InChI is InChI=1S/C13H20N2O2/c1-12(2)5-7-13(17-3,8-6-12)11-14-9-4-10(16)15-11/h4,9H,5-8H2,1-3H3,(H,14,15,16). The quantitative estimate of drug-likeness (QED) is 0.856. The van der Waals surface area contributed by atoms with Gasteiger partial charge in [0.15, 0.2) is 0 Å². The Kier molecular flexibility index (Phi) is 3.08. The van der Waals surface area contributed by atoms with Crippen molar-refractivity contribution in [3.05, 3.63) is 28.4 Å². The first-order valence-corrected chi connectivity index (χ1v) is 6.08. The Bertz CT molecular complexity index is 441. The molecule has 1 aliphatic rings. The van der Waals surface area contributed by atoms with Crippen molar-refractivity contribution in [1.29, 1.82) is 0 Å². The van der Waals surface area contributed by atoms with Crippen LogP contribution in [0.2, 0.25) is 0 Å². The molecule has 1 N–H and O–H groups in total. The van der Waals surface area contributed by atoms with Gasteiger partial charge in [0, 0.05) is 19.4 Å². The van der Waals surface area contributed by atoms with E-state index in [9.17, 15) is 4.79 Å². The van der Waals surface area contributed by atoms with Crippen molar-refractivity contribution in [3.63, 3.8) is 0 Å². The predicted octanol–water partition coefficient (Wildman–Crippen LogP) is 2.21. The van der Waals surface area contributed by atoms with E-state index in [0.29, 0.717) is 11.2 Å². The zero-order valence-corrected chi connectivity index (χ0v) is 10.7. The highest BCUT2D eigenvalue weighted by Crippen LogP contribution is 2.45. The number of ether oxygens (including phenoxy) is 1. The molecule has 4 heteroatoms. The summed E-state index contributed by atoms with van der Waals surface area (Å²) in [6.45, 7) is 4.54. The third kappa shape index (κ3) is 2.41. The first-order valence-electron chi connectivity index (χ1n) is 6.08. The lowest BCUT2D eigenvalue weighted by molar-refractivity contribution is -0.0730. The summed E-state index contributed by atoms with van der Waals surface area (Å²) >= 11 is 0. The molecule has 0 radical (unpaired) electrons. The molecule has 17 heavy (non-hydrogen) atoms. The average molecular weight is 236 g/mol. The molecule has 0 aliphatic heterocycles. The summed E-state index contributed by atoms with van der Waals surface area (Å²) in [6.07, 6.45) is 5.53. The van der Waals surface area contributed by atoms with Crippen LogP contribution < -0.4 is 5.56 Å². The molecule has 1 saturated carbocycles. The van der Waals surface area contributed by atoms with Crippen LogP contribution in [-0.4, -0.2) is 17.1 Å². The number of nitrogens with zero attached hydrogens (tertiary/aromatic N) is 1. The predicted molar refractivity (Wildman–Crippen MR) is 65.8 cm³/mol. The molecule has 0 saturated heterocycles. The van der Waals surface area contributed by atoms with Gasteiger partial charge in [-0.1, -0.05) is 13.8 Å². The maximum Gasteiger partial charge on any atom is 0.250 e. The van der Waals surface area contributed by atoms with Crippen molar-refractivity contribution >= 4 is 0 Å². The molecule has 0 aromatic carbocycles. The van der Waals surface area contributed by atoms with Gasteiger partial charge in [-0.05, 0) is 31.1 Å². The number of aromatic amines is 1. The first kappa shape index (κ1) is 12.3. The summed E-state index contributed by atoms with van der Waals surface area (Å²) in [5.74, 6) is 0.669. The van der Waals surface area contributed by atoms with E-state index < -0.39 is 5.60 Å². The fourth-order valence-corrected chi connectivity index (χ4v) is 2.47. The third-order valence-corrected chi connectivity index (χ3v) is 3.90. The van der Waals surface area contributed by atoms with E-state index in [2.05, 4.69) is 23.8 Å². The number of rotatable bonds is 2. The molecular formula is C13H20N2O2. The van der Waals surface area contributed by atoms with Crippen LogP contribution in [0, 0.1) is 5.41 Å². The minimum atomic E-state index is -0.407. The zero-order chi connectivity index (χ0) is 12.5. The van der Waals surface area contributed by atoms with Crippen LogP contribution in [0.3, 0.4) is 0 Å². The molecule has 2 rings (SSSR count). The fourth-order valence-electron chi connectivity index (χ4n) is 2.47. The Balaban J connectivity index is 2.30. The molecule has 4 nitrogen and oxygen atoms in total. The molecule has 1 aliphatic carbocycles. The Morgan fingerprint density at radius 1 is 1.29 bits per heavy atom. The third-order valence-electron chi connectivity index (χ3n) is 3.90. The van der Waals surface area contributed by atoms with Crippen LogP contribution in [0.1, 0.15) is 45.4 Å². The van der Waals surface area contributed by atoms with Gasteiger partial charge in [0.2, 0.25) is 0 Å². The molecule has 1 heterocycles. The normalized spacial score (nSPS) is 22.3. The van der Waals surface area contributed by atoms with Crippen molar-refractivity contribution in [2.75, 3.05) is 7.11 Å². The Labute approximate surface area is 101 Å². The van der Waals surface area contributed by atoms with Gasteiger partial charge in [-0.3, -0.25) is 4.79 Å². The second-order valence-electron chi connectivity index (χ2n) is 5.65. The van der Waals surface area contributed by atoms with Gasteiger partial charge >= 0.3 is 0 Å². The summed E-state index contributed by atoms with van der Waals surface area (Å²) in [4.78, 5) is 18.4. The monoisotopic (exact) mass is 236 g/mol. The van der Waals surface area contributed by atoms with Gasteiger partial charge < -0.3 is 9.72 Å². The molecular weight excluding hydrogens is 216 g/mol. The summed E-state index contributed by atoms with van der Waals surface area (Å²) in [5, 5.41) is 0. The van der Waals surface area contributed by atoms with Gasteiger partial charge in [-0.15, -0.1) is 0 Å². The number of aromatic nitrogens is 2. The van der Waals surface area contributed by atoms with Gasteiger partial charge in [-0.2, -0.15) is 0 Å². The number of H-pyrrole nitrogens is 1. The van der Waals surface area contributed by atoms with Gasteiger partial charge in [0.1, 0.15) is 11.4 Å². The maximum atomic E-state index is 11.4. The molecule has 0 spiro atoms. The van der Waals surface area contributed by atoms with Gasteiger partial charge in [0.05, 0.1) is 0 Å². The van der Waals surface area contributed by atoms with Crippen molar-refractivity contribution in [3.8, 4) is 0 Å². The second kappa shape index (κ2) is 4.26. The largest absolute Gasteiger partial charge is 0.370 e. The topological polar surface area (TPSA) is 55.0 Å². The van der Waals surface area contributed by atoms with Crippen molar-refractivity contribution in [2.24, 2.45) is 5.41 Å². The highest BCUT2D eigenvalue weighted by Gasteiger charge is 2.41. The molecule has 1 aromatic rings. The summed E-state index contributed by atoms with van der Waals surface area (Å²) in [5.41, 5.74) is -0.163. The lowest BCUT2D eigenvalue weighted by Crippen LogP contribution is -2.39. The minimum absolute atomic E-state index is 0.115. The smallest absolute Gasteiger partial charge is 0.250 e. The van der Waals surface area contributed by atoms with E-state index in [1.165, 1.54) is 6.07 Å². The molecule has 0 unspecified atom stereocenters. The van der Waals surface area contributed by atoms with Crippen molar-refractivity contribution in [1.82, 2.24) is 9.97 Å². The molecule has 0 bridgehead atoms. The van der Waals surface area contributed by atoms with Gasteiger partial charge in [-0.25, -0.2) is 4.98 Å². The fraction of sp³-hybridized carbons (Fsp3) is 0.692. The van der Waals surface area contributed by atoms with Gasteiger partial charge in [0.25, 0.3) is 5.56 Å². The van der Waals surface area contributed by atoms with Crippen molar-refractivity contribution < 1.29 is 4.74 Å². The van der Waals surface area contributed by atoms with E-state index >= 15 is 0 Å². The zero-order valence-electron chi connectivity index (χ0n) is 10.7. The molecule has 94 valence electrons. The maximum absolute atomic E-state index is 11.4. The van der Waals surface area contributed by atoms with E-state index in [1.807, 2.05) is 0 Å². The Hall–Kier alpha value is -1.16. The first-order chi connectivity index (χ1) is 7.97. The summed E-state index contributed by atoms with van der Waals surface area (Å²) in [6, 6.07) is 1.43. The SMILES string of the molecule is COC1(c2nccc(=O)[nH]2)CCC(C)(C)CC1. The second-order valence-corrected chi connectivity index (χ2v) is 5.65. The minimum Gasteiger partial charge on any atom is -0.370 e. The number of nitrogens with one attached hydrogen (secondary N) is 1. The Morgan fingerprint density at radius 3 is 2.47 bits per heavy atom. The number of methoxy groups -OCH3 is 1. The van der Waals surface area contributed by atoms with Crippen LogP contribution in [-0.2, 0) is 10.3 Å². The number of hydrogen-bond acceptors (Lipinski definition) is 3. The highest BCUT2D eigenvalue weighted by molar-refractivity contribution is 5.06. The molecule has 1 fully saturated rings. The number of hydrogen-bond donors (Lipinski definition) is 1. The average Bonchev–Trinajstić information content (AvgIpc) is 2.30. The molecule has 0 atom stereocenters. The lowest BCUT2D eigenvalue weighted by atomic mass is 9.70. The molecule has 0 amide bonds.